The number of Topliss-reactive ketones (excluding diaryl/α,β-unsaturated/α-hetero) is 1. The molecule has 1 amide bonds. The topological polar surface area (TPSA) is 92.5 Å². The number of hydrogen-bond acceptors (Lipinski definition) is 5. The van der Waals surface area contributed by atoms with Crippen molar-refractivity contribution in [3.8, 4) is 11.5 Å². The third-order valence-corrected chi connectivity index (χ3v) is 3.10. The van der Waals surface area contributed by atoms with Crippen LogP contribution in [0.15, 0.2) is 30.5 Å². The van der Waals surface area contributed by atoms with Gasteiger partial charge in [0.05, 0.1) is 0 Å². The van der Waals surface area contributed by atoms with E-state index in [0.29, 0.717) is 29.3 Å². The molecule has 0 saturated heterocycles. The van der Waals surface area contributed by atoms with Crippen LogP contribution < -0.4 is 20.6 Å². The van der Waals surface area contributed by atoms with E-state index in [9.17, 15) is 9.59 Å². The molecule has 0 saturated carbocycles. The summed E-state index contributed by atoms with van der Waals surface area (Å²) >= 11 is 0. The number of hydrogen-bond donors (Lipinski definition) is 3. The fourth-order valence-electron chi connectivity index (χ4n) is 1.94. The first-order valence-electron chi connectivity index (χ1n) is 6.32. The molecule has 108 valence electrons. The number of nitrogens with one attached hydrogen (secondary N) is 3. The summed E-state index contributed by atoms with van der Waals surface area (Å²) in [6, 6.07) is 6.87. The second-order valence-electron chi connectivity index (χ2n) is 4.61. The minimum Gasteiger partial charge on any atom is -0.370 e. The van der Waals surface area contributed by atoms with E-state index in [0.717, 1.165) is 5.56 Å². The molecule has 0 bridgehead atoms. The van der Waals surface area contributed by atoms with Crippen molar-refractivity contribution < 1.29 is 19.3 Å². The molecule has 1 aliphatic heterocycles. The summed E-state index contributed by atoms with van der Waals surface area (Å²) in [5, 5.41) is 2.76. The standard InChI is InChI=1S/C14H13N3O4/c1-8(18)10-5-11(15-7-10)14(19)16-6-9-2-3-12-13(4-9)21-17-20-12/h2-5,7,15,17H,6H2,1H3,(H,16,19). The number of fused-ring (bicyclic) bond motifs is 1. The van der Waals surface area contributed by atoms with Crippen LogP contribution in [0.25, 0.3) is 0 Å². The number of aromatic amines is 1. The first-order valence-corrected chi connectivity index (χ1v) is 6.32. The van der Waals surface area contributed by atoms with Gasteiger partial charge < -0.3 is 20.0 Å². The molecule has 2 heterocycles. The average Bonchev–Trinajstić information content (AvgIpc) is 3.12. The number of ketones is 1. The second kappa shape index (κ2) is 5.29. The number of H-pyrrole nitrogens is 1. The van der Waals surface area contributed by atoms with Crippen LogP contribution in [-0.4, -0.2) is 16.7 Å². The first-order chi connectivity index (χ1) is 10.1. The summed E-state index contributed by atoms with van der Waals surface area (Å²) in [7, 11) is 0. The molecular formula is C14H13N3O4. The minimum absolute atomic E-state index is 0.0893. The van der Waals surface area contributed by atoms with Crippen LogP contribution in [0.3, 0.4) is 0 Å². The summed E-state index contributed by atoms with van der Waals surface area (Å²) in [5.41, 5.74) is 3.99. The predicted molar refractivity (Wildman–Crippen MR) is 72.8 cm³/mol. The quantitative estimate of drug-likeness (QED) is 0.738. The van der Waals surface area contributed by atoms with Crippen LogP contribution in [-0.2, 0) is 6.54 Å². The van der Waals surface area contributed by atoms with Gasteiger partial charge in [0.15, 0.2) is 17.3 Å². The van der Waals surface area contributed by atoms with Gasteiger partial charge in [-0.15, -0.1) is 0 Å². The Bertz CT molecular complexity index is 708. The van der Waals surface area contributed by atoms with Crippen molar-refractivity contribution in [3.63, 3.8) is 0 Å². The summed E-state index contributed by atoms with van der Waals surface area (Å²) < 4.78 is 0. The zero-order chi connectivity index (χ0) is 14.8. The van der Waals surface area contributed by atoms with Crippen molar-refractivity contribution in [2.45, 2.75) is 13.5 Å². The molecule has 1 aromatic carbocycles. The molecule has 0 radical (unpaired) electrons. The Hall–Kier alpha value is -2.80. The van der Waals surface area contributed by atoms with Crippen molar-refractivity contribution >= 4 is 11.7 Å². The van der Waals surface area contributed by atoms with E-state index in [-0.39, 0.29) is 11.7 Å². The van der Waals surface area contributed by atoms with E-state index >= 15 is 0 Å². The van der Waals surface area contributed by atoms with Crippen molar-refractivity contribution in [2.24, 2.45) is 0 Å². The molecule has 0 fully saturated rings. The predicted octanol–water partition coefficient (Wildman–Crippen LogP) is 1.34. The van der Waals surface area contributed by atoms with Gasteiger partial charge in [0.25, 0.3) is 5.91 Å². The molecular weight excluding hydrogens is 274 g/mol. The monoisotopic (exact) mass is 287 g/mol. The van der Waals surface area contributed by atoms with Gasteiger partial charge in [-0.2, -0.15) is 0 Å². The lowest BCUT2D eigenvalue weighted by Gasteiger charge is -2.04. The van der Waals surface area contributed by atoms with Crippen molar-refractivity contribution in [1.29, 1.82) is 0 Å². The van der Waals surface area contributed by atoms with Crippen molar-refractivity contribution in [3.05, 3.63) is 47.3 Å². The third-order valence-electron chi connectivity index (χ3n) is 3.10. The average molecular weight is 287 g/mol. The Labute approximate surface area is 120 Å². The molecule has 1 aliphatic rings. The van der Waals surface area contributed by atoms with Gasteiger partial charge in [-0.25, -0.2) is 0 Å². The zero-order valence-corrected chi connectivity index (χ0v) is 11.2. The van der Waals surface area contributed by atoms with Gasteiger partial charge in [0, 0.05) is 23.9 Å². The number of carbonyl (C=O) groups excluding carboxylic acids is 2. The maximum atomic E-state index is 12.0. The van der Waals surface area contributed by atoms with Gasteiger partial charge >= 0.3 is 0 Å². The summed E-state index contributed by atoms with van der Waals surface area (Å²) in [5.74, 6) is 0.799. The molecule has 3 N–H and O–H groups in total. The molecule has 2 aromatic rings. The Morgan fingerprint density at radius 3 is 2.76 bits per heavy atom. The van der Waals surface area contributed by atoms with Crippen LogP contribution in [0, 0.1) is 0 Å². The Morgan fingerprint density at radius 1 is 1.19 bits per heavy atom. The minimum atomic E-state index is -0.279. The first kappa shape index (κ1) is 13.2. The van der Waals surface area contributed by atoms with Gasteiger partial charge in [0.2, 0.25) is 0 Å². The number of rotatable bonds is 4. The van der Waals surface area contributed by atoms with Crippen LogP contribution in [0.2, 0.25) is 0 Å². The number of amides is 1. The fourth-order valence-corrected chi connectivity index (χ4v) is 1.94. The van der Waals surface area contributed by atoms with Crippen LogP contribution in [0.5, 0.6) is 11.5 Å². The molecule has 7 heteroatoms. The molecule has 7 nitrogen and oxygen atoms in total. The molecule has 1 aromatic heterocycles. The number of aromatic nitrogens is 1. The lowest BCUT2D eigenvalue weighted by Crippen LogP contribution is -2.23. The second-order valence-corrected chi connectivity index (χ2v) is 4.61. The molecule has 0 aliphatic carbocycles. The lowest BCUT2D eigenvalue weighted by molar-refractivity contribution is 0.0259. The van der Waals surface area contributed by atoms with E-state index in [4.69, 9.17) is 9.68 Å². The van der Waals surface area contributed by atoms with Crippen LogP contribution in [0.4, 0.5) is 0 Å². The zero-order valence-electron chi connectivity index (χ0n) is 11.2. The van der Waals surface area contributed by atoms with E-state index in [1.54, 1.807) is 12.1 Å². The van der Waals surface area contributed by atoms with Crippen LogP contribution >= 0.6 is 0 Å². The Balaban J connectivity index is 1.64. The summed E-state index contributed by atoms with van der Waals surface area (Å²) in [6.45, 7) is 1.79. The Morgan fingerprint density at radius 2 is 2.00 bits per heavy atom. The van der Waals surface area contributed by atoms with E-state index < -0.39 is 0 Å². The highest BCUT2D eigenvalue weighted by molar-refractivity contribution is 5.99. The third kappa shape index (κ3) is 2.72. The summed E-state index contributed by atoms with van der Waals surface area (Å²) in [6.07, 6.45) is 1.52. The molecule has 0 spiro atoms. The van der Waals surface area contributed by atoms with Crippen LogP contribution in [0.1, 0.15) is 33.3 Å². The number of carbonyl (C=O) groups is 2. The van der Waals surface area contributed by atoms with Gasteiger partial charge in [-0.05, 0) is 30.7 Å². The summed E-state index contributed by atoms with van der Waals surface area (Å²) in [4.78, 5) is 35.9. The van der Waals surface area contributed by atoms with E-state index in [1.165, 1.54) is 19.2 Å². The van der Waals surface area contributed by atoms with Crippen molar-refractivity contribution in [1.82, 2.24) is 15.9 Å². The highest BCUT2D eigenvalue weighted by Gasteiger charge is 2.15. The van der Waals surface area contributed by atoms with Gasteiger partial charge in [0.1, 0.15) is 5.69 Å². The molecule has 21 heavy (non-hydrogen) atoms. The smallest absolute Gasteiger partial charge is 0.267 e. The Kier molecular flexibility index (Phi) is 3.33. The highest BCUT2D eigenvalue weighted by Crippen LogP contribution is 2.30. The number of benzene rings is 1. The molecule has 0 unspecified atom stereocenters. The normalized spacial score (nSPS) is 12.2. The maximum Gasteiger partial charge on any atom is 0.267 e. The highest BCUT2D eigenvalue weighted by atomic mass is 16.9. The van der Waals surface area contributed by atoms with E-state index in [2.05, 4.69) is 15.9 Å². The molecule has 0 atom stereocenters. The van der Waals surface area contributed by atoms with Gasteiger partial charge in [-0.1, -0.05) is 6.07 Å². The lowest BCUT2D eigenvalue weighted by atomic mass is 10.2. The fraction of sp³-hybridized carbons (Fsp3) is 0.143. The maximum absolute atomic E-state index is 12.0. The van der Waals surface area contributed by atoms with Crippen molar-refractivity contribution in [2.75, 3.05) is 0 Å². The SMILES string of the molecule is CC(=O)c1c[nH]c(C(=O)NCc2ccc3c(c2)ONO3)c1. The largest absolute Gasteiger partial charge is 0.370 e. The van der Waals surface area contributed by atoms with Gasteiger partial charge in [-0.3, -0.25) is 9.59 Å². The molecule has 3 rings (SSSR count). The van der Waals surface area contributed by atoms with E-state index in [1.807, 2.05) is 6.07 Å².